The highest BCUT2D eigenvalue weighted by Crippen LogP contribution is 2.33. The number of benzene rings is 1. The Labute approximate surface area is 112 Å². The van der Waals surface area contributed by atoms with E-state index in [-0.39, 0.29) is 0 Å². The maximum absolute atomic E-state index is 11.6. The molecule has 4 nitrogen and oxygen atoms in total. The number of ether oxygens (including phenoxy) is 1. The zero-order valence-electron chi connectivity index (χ0n) is 11.2. The molecule has 0 bridgehead atoms. The van der Waals surface area contributed by atoms with Crippen LogP contribution in [0.1, 0.15) is 21.6 Å². The molecule has 2 aromatic rings. The number of carbonyl (C=O) groups excluding carboxylic acids is 1. The Morgan fingerprint density at radius 2 is 1.95 bits per heavy atom. The number of amides is 1. The van der Waals surface area contributed by atoms with Crippen molar-refractivity contribution in [1.82, 2.24) is 4.98 Å². The van der Waals surface area contributed by atoms with Gasteiger partial charge in [0, 0.05) is 11.3 Å². The molecule has 0 spiro atoms. The van der Waals surface area contributed by atoms with Crippen molar-refractivity contribution in [1.29, 1.82) is 0 Å². The quantitative estimate of drug-likeness (QED) is 0.917. The van der Waals surface area contributed by atoms with Crippen LogP contribution in [0, 0.1) is 13.8 Å². The molecule has 0 atom stereocenters. The number of nitrogens with zero attached hydrogens (tertiary/aromatic N) is 1. The van der Waals surface area contributed by atoms with Crippen LogP contribution in [0.3, 0.4) is 0 Å². The number of hydrogen-bond acceptors (Lipinski definition) is 3. The molecule has 98 valence electrons. The average molecular weight is 256 g/mol. The standard InChI is InChI=1S/C15H16N2O2/c1-9-5-4-6-12(19-3)13(9)14-11(15(16)18)8-7-10(2)17-14/h4-8H,1-3H3,(H2,16,18). The van der Waals surface area contributed by atoms with Crippen molar-refractivity contribution in [3.63, 3.8) is 0 Å². The van der Waals surface area contributed by atoms with Crippen LogP contribution in [-0.2, 0) is 0 Å². The van der Waals surface area contributed by atoms with E-state index < -0.39 is 5.91 Å². The molecule has 0 unspecified atom stereocenters. The van der Waals surface area contributed by atoms with Gasteiger partial charge < -0.3 is 10.5 Å². The Morgan fingerprint density at radius 3 is 2.58 bits per heavy atom. The summed E-state index contributed by atoms with van der Waals surface area (Å²) in [6, 6.07) is 9.17. The summed E-state index contributed by atoms with van der Waals surface area (Å²) in [7, 11) is 1.60. The van der Waals surface area contributed by atoms with Crippen LogP contribution in [-0.4, -0.2) is 18.0 Å². The van der Waals surface area contributed by atoms with Gasteiger partial charge in [0.05, 0.1) is 18.4 Å². The van der Waals surface area contributed by atoms with Crippen LogP contribution in [0.5, 0.6) is 5.75 Å². The third-order valence-electron chi connectivity index (χ3n) is 2.99. The van der Waals surface area contributed by atoms with Gasteiger partial charge in [0.25, 0.3) is 5.91 Å². The molecular formula is C15H16N2O2. The molecule has 0 aliphatic rings. The highest BCUT2D eigenvalue weighted by molar-refractivity contribution is 5.99. The van der Waals surface area contributed by atoms with Crippen LogP contribution < -0.4 is 10.5 Å². The third-order valence-corrected chi connectivity index (χ3v) is 2.99. The highest BCUT2D eigenvalue weighted by Gasteiger charge is 2.17. The van der Waals surface area contributed by atoms with Crippen molar-refractivity contribution in [3.8, 4) is 17.0 Å². The minimum absolute atomic E-state index is 0.401. The predicted molar refractivity (Wildman–Crippen MR) is 74.2 cm³/mol. The summed E-state index contributed by atoms with van der Waals surface area (Å²) in [5, 5.41) is 0. The molecule has 4 heteroatoms. The number of carbonyl (C=O) groups is 1. The Kier molecular flexibility index (Phi) is 3.51. The first-order chi connectivity index (χ1) is 9.04. The minimum Gasteiger partial charge on any atom is -0.496 e. The van der Waals surface area contributed by atoms with Crippen molar-refractivity contribution in [2.45, 2.75) is 13.8 Å². The second-order valence-electron chi connectivity index (χ2n) is 4.37. The van der Waals surface area contributed by atoms with Gasteiger partial charge in [-0.05, 0) is 37.6 Å². The van der Waals surface area contributed by atoms with E-state index in [2.05, 4.69) is 4.98 Å². The average Bonchev–Trinajstić information content (AvgIpc) is 2.37. The first-order valence-electron chi connectivity index (χ1n) is 5.96. The van der Waals surface area contributed by atoms with Gasteiger partial charge in [0.1, 0.15) is 5.75 Å². The summed E-state index contributed by atoms with van der Waals surface area (Å²) >= 11 is 0. The molecule has 1 heterocycles. The second kappa shape index (κ2) is 5.10. The van der Waals surface area contributed by atoms with Crippen LogP contribution in [0.2, 0.25) is 0 Å². The summed E-state index contributed by atoms with van der Waals surface area (Å²) in [4.78, 5) is 16.0. The fourth-order valence-electron chi connectivity index (χ4n) is 2.06. The molecule has 0 saturated heterocycles. The number of hydrogen-bond donors (Lipinski definition) is 1. The number of primary amides is 1. The third kappa shape index (κ3) is 2.42. The number of methoxy groups -OCH3 is 1. The van der Waals surface area contributed by atoms with E-state index in [9.17, 15) is 4.79 Å². The van der Waals surface area contributed by atoms with Crippen molar-refractivity contribution in [3.05, 3.63) is 47.2 Å². The number of nitrogens with two attached hydrogens (primary N) is 1. The summed E-state index contributed by atoms with van der Waals surface area (Å²) in [6.07, 6.45) is 0. The first-order valence-corrected chi connectivity index (χ1v) is 5.96. The lowest BCUT2D eigenvalue weighted by Gasteiger charge is -2.13. The summed E-state index contributed by atoms with van der Waals surface area (Å²) in [5.74, 6) is 0.188. The molecule has 1 amide bonds. The zero-order valence-corrected chi connectivity index (χ0v) is 11.2. The summed E-state index contributed by atoms with van der Waals surface area (Å²) in [5.41, 5.74) is 9.01. The molecule has 1 aromatic carbocycles. The number of pyridine rings is 1. The van der Waals surface area contributed by atoms with Gasteiger partial charge in [-0.15, -0.1) is 0 Å². The van der Waals surface area contributed by atoms with Gasteiger partial charge in [-0.25, -0.2) is 0 Å². The van der Waals surface area contributed by atoms with E-state index in [1.807, 2.05) is 32.0 Å². The number of aryl methyl sites for hydroxylation is 2. The lowest BCUT2D eigenvalue weighted by Crippen LogP contribution is -2.14. The van der Waals surface area contributed by atoms with E-state index in [0.717, 1.165) is 16.8 Å². The van der Waals surface area contributed by atoms with Gasteiger partial charge in [0.2, 0.25) is 0 Å². The van der Waals surface area contributed by atoms with Gasteiger partial charge >= 0.3 is 0 Å². The molecule has 2 rings (SSSR count). The fraction of sp³-hybridized carbons (Fsp3) is 0.200. The van der Waals surface area contributed by atoms with Gasteiger partial charge in [-0.1, -0.05) is 12.1 Å². The molecule has 0 saturated carbocycles. The largest absolute Gasteiger partial charge is 0.496 e. The Bertz CT molecular complexity index is 636. The molecule has 0 fully saturated rings. The van der Waals surface area contributed by atoms with Gasteiger partial charge in [-0.3, -0.25) is 9.78 Å². The minimum atomic E-state index is -0.493. The lowest BCUT2D eigenvalue weighted by molar-refractivity contribution is 0.100. The fourth-order valence-corrected chi connectivity index (χ4v) is 2.06. The summed E-state index contributed by atoms with van der Waals surface area (Å²) in [6.45, 7) is 3.83. The van der Waals surface area contributed by atoms with Crippen molar-refractivity contribution < 1.29 is 9.53 Å². The maximum atomic E-state index is 11.6. The van der Waals surface area contributed by atoms with Crippen LogP contribution in [0.15, 0.2) is 30.3 Å². The van der Waals surface area contributed by atoms with E-state index in [1.165, 1.54) is 0 Å². The zero-order chi connectivity index (χ0) is 14.0. The summed E-state index contributed by atoms with van der Waals surface area (Å²) < 4.78 is 5.36. The van der Waals surface area contributed by atoms with Crippen LogP contribution in [0.25, 0.3) is 11.3 Å². The lowest BCUT2D eigenvalue weighted by atomic mass is 9.99. The second-order valence-corrected chi connectivity index (χ2v) is 4.37. The Morgan fingerprint density at radius 1 is 1.21 bits per heavy atom. The number of aromatic nitrogens is 1. The van der Waals surface area contributed by atoms with Crippen molar-refractivity contribution in [2.75, 3.05) is 7.11 Å². The molecule has 0 aliphatic heterocycles. The van der Waals surface area contributed by atoms with Gasteiger partial charge in [-0.2, -0.15) is 0 Å². The Hall–Kier alpha value is -2.36. The molecule has 0 radical (unpaired) electrons. The van der Waals surface area contributed by atoms with Crippen LogP contribution >= 0.6 is 0 Å². The SMILES string of the molecule is COc1cccc(C)c1-c1nc(C)ccc1C(N)=O. The molecular weight excluding hydrogens is 240 g/mol. The van der Waals surface area contributed by atoms with Crippen molar-refractivity contribution in [2.24, 2.45) is 5.73 Å². The van der Waals surface area contributed by atoms with E-state index in [1.54, 1.807) is 19.2 Å². The highest BCUT2D eigenvalue weighted by atomic mass is 16.5. The maximum Gasteiger partial charge on any atom is 0.250 e. The normalized spacial score (nSPS) is 10.3. The van der Waals surface area contributed by atoms with E-state index >= 15 is 0 Å². The first kappa shape index (κ1) is 13.1. The van der Waals surface area contributed by atoms with Gasteiger partial charge in [0.15, 0.2) is 0 Å². The van der Waals surface area contributed by atoms with Crippen molar-refractivity contribution >= 4 is 5.91 Å². The topological polar surface area (TPSA) is 65.2 Å². The molecule has 2 N–H and O–H groups in total. The Balaban J connectivity index is 2.78. The smallest absolute Gasteiger partial charge is 0.250 e. The van der Waals surface area contributed by atoms with E-state index in [0.29, 0.717) is 17.0 Å². The number of rotatable bonds is 3. The molecule has 0 aliphatic carbocycles. The molecule has 1 aromatic heterocycles. The predicted octanol–water partition coefficient (Wildman–Crippen LogP) is 2.47. The van der Waals surface area contributed by atoms with Crippen LogP contribution in [0.4, 0.5) is 0 Å². The monoisotopic (exact) mass is 256 g/mol. The molecule has 19 heavy (non-hydrogen) atoms. The van der Waals surface area contributed by atoms with E-state index in [4.69, 9.17) is 10.5 Å².